The lowest BCUT2D eigenvalue weighted by molar-refractivity contribution is -0.119. The molecule has 0 heterocycles. The Hall–Kier alpha value is -2.24. The second-order valence-corrected chi connectivity index (χ2v) is 5.15. The average Bonchev–Trinajstić information content (AvgIpc) is 2.50. The van der Waals surface area contributed by atoms with E-state index < -0.39 is 18.5 Å². The molecule has 0 spiro atoms. The summed E-state index contributed by atoms with van der Waals surface area (Å²) in [6.07, 6.45) is 0. The van der Waals surface area contributed by atoms with Crippen molar-refractivity contribution in [2.24, 2.45) is 0 Å². The van der Waals surface area contributed by atoms with Crippen LogP contribution in [0, 0.1) is 0 Å². The summed E-state index contributed by atoms with van der Waals surface area (Å²) in [6, 6.07) is 11.1. The lowest BCUT2D eigenvalue weighted by Crippen LogP contribution is -2.21. The zero-order chi connectivity index (χ0) is 16.1. The number of benzene rings is 2. The van der Waals surface area contributed by atoms with Gasteiger partial charge in [0.1, 0.15) is 0 Å². The summed E-state index contributed by atoms with van der Waals surface area (Å²) in [5.74, 6) is -1.17. The molecule has 0 aliphatic rings. The number of rotatable bonds is 4. The number of esters is 1. The van der Waals surface area contributed by atoms with Crippen molar-refractivity contribution in [1.29, 1.82) is 0 Å². The number of anilines is 2. The first-order valence-corrected chi connectivity index (χ1v) is 6.99. The van der Waals surface area contributed by atoms with Crippen molar-refractivity contribution >= 4 is 46.5 Å². The normalized spacial score (nSPS) is 10.1. The maximum atomic E-state index is 11.8. The van der Waals surface area contributed by atoms with Crippen LogP contribution in [0.2, 0.25) is 10.0 Å². The Labute approximate surface area is 137 Å². The molecule has 114 valence electrons. The fourth-order valence-electron chi connectivity index (χ4n) is 1.63. The minimum atomic E-state index is -0.669. The van der Waals surface area contributed by atoms with E-state index in [9.17, 15) is 9.59 Å². The van der Waals surface area contributed by atoms with Gasteiger partial charge in [0.25, 0.3) is 5.91 Å². The van der Waals surface area contributed by atoms with Crippen LogP contribution < -0.4 is 11.1 Å². The number of ether oxygens (including phenoxy) is 1. The number of carbonyl (C=O) groups is 2. The summed E-state index contributed by atoms with van der Waals surface area (Å²) >= 11 is 11.7. The predicted molar refractivity (Wildman–Crippen MR) is 86.2 cm³/mol. The van der Waals surface area contributed by atoms with Crippen LogP contribution in [-0.2, 0) is 9.53 Å². The number of hydrogen-bond donors (Lipinski definition) is 2. The van der Waals surface area contributed by atoms with Crippen molar-refractivity contribution in [2.75, 3.05) is 17.7 Å². The van der Waals surface area contributed by atoms with E-state index in [1.54, 1.807) is 24.3 Å². The van der Waals surface area contributed by atoms with Crippen molar-refractivity contribution in [3.8, 4) is 0 Å². The van der Waals surface area contributed by atoms with Crippen LogP contribution in [0.1, 0.15) is 10.4 Å². The van der Waals surface area contributed by atoms with Crippen LogP contribution in [0.5, 0.6) is 0 Å². The molecule has 1 amide bonds. The van der Waals surface area contributed by atoms with Gasteiger partial charge in [0.15, 0.2) is 6.61 Å². The van der Waals surface area contributed by atoms with Crippen LogP contribution >= 0.6 is 23.2 Å². The monoisotopic (exact) mass is 338 g/mol. The van der Waals surface area contributed by atoms with E-state index in [0.29, 0.717) is 15.7 Å². The van der Waals surface area contributed by atoms with Gasteiger partial charge in [-0.25, -0.2) is 4.79 Å². The van der Waals surface area contributed by atoms with Crippen molar-refractivity contribution in [1.82, 2.24) is 0 Å². The van der Waals surface area contributed by atoms with E-state index in [2.05, 4.69) is 5.32 Å². The Bertz CT molecular complexity index is 720. The van der Waals surface area contributed by atoms with Gasteiger partial charge >= 0.3 is 5.97 Å². The standard InChI is InChI=1S/C15H12Cl2N2O3/c16-10-6-5-9(7-12(10)18)15(21)22-8-14(20)19-13-4-2-1-3-11(13)17/h1-7H,8,18H2,(H,19,20). The van der Waals surface area contributed by atoms with Crippen LogP contribution in [0.25, 0.3) is 0 Å². The van der Waals surface area contributed by atoms with Gasteiger partial charge in [-0.15, -0.1) is 0 Å². The minimum absolute atomic E-state index is 0.215. The number of nitrogen functional groups attached to an aromatic ring is 1. The first-order chi connectivity index (χ1) is 10.5. The first-order valence-electron chi connectivity index (χ1n) is 6.24. The van der Waals surface area contributed by atoms with E-state index in [0.717, 1.165) is 0 Å². The number of nitrogens with two attached hydrogens (primary N) is 1. The molecule has 0 atom stereocenters. The van der Waals surface area contributed by atoms with Crippen molar-refractivity contribution in [3.05, 3.63) is 58.1 Å². The first kappa shape index (κ1) is 16.1. The Morgan fingerprint density at radius 3 is 2.50 bits per heavy atom. The maximum absolute atomic E-state index is 11.8. The van der Waals surface area contributed by atoms with Gasteiger partial charge in [0.2, 0.25) is 0 Å². The molecule has 5 nitrogen and oxygen atoms in total. The van der Waals surface area contributed by atoms with Crippen molar-refractivity contribution < 1.29 is 14.3 Å². The highest BCUT2D eigenvalue weighted by molar-refractivity contribution is 6.33. The molecule has 2 aromatic rings. The molecule has 3 N–H and O–H groups in total. The lowest BCUT2D eigenvalue weighted by Gasteiger charge is -2.08. The SMILES string of the molecule is Nc1cc(C(=O)OCC(=O)Nc2ccccc2Cl)ccc1Cl. The molecular weight excluding hydrogens is 327 g/mol. The summed E-state index contributed by atoms with van der Waals surface area (Å²) in [7, 11) is 0. The van der Waals surface area contributed by atoms with Gasteiger partial charge < -0.3 is 15.8 Å². The van der Waals surface area contributed by atoms with Gasteiger partial charge in [-0.05, 0) is 30.3 Å². The van der Waals surface area contributed by atoms with Gasteiger partial charge in [0.05, 0.1) is 27.0 Å². The van der Waals surface area contributed by atoms with Crippen LogP contribution in [0.15, 0.2) is 42.5 Å². The van der Waals surface area contributed by atoms with Crippen LogP contribution in [0.4, 0.5) is 11.4 Å². The molecule has 0 unspecified atom stereocenters. The summed E-state index contributed by atoms with van der Waals surface area (Å²) in [5, 5.41) is 3.28. The number of para-hydroxylation sites is 1. The van der Waals surface area contributed by atoms with E-state index in [1.807, 2.05) is 0 Å². The van der Waals surface area contributed by atoms with Crippen LogP contribution in [-0.4, -0.2) is 18.5 Å². The third kappa shape index (κ3) is 4.13. The second-order valence-electron chi connectivity index (χ2n) is 4.34. The molecule has 0 radical (unpaired) electrons. The average molecular weight is 339 g/mol. The summed E-state index contributed by atoms with van der Waals surface area (Å²) in [4.78, 5) is 23.5. The Morgan fingerprint density at radius 1 is 1.09 bits per heavy atom. The molecule has 0 saturated heterocycles. The number of nitrogens with one attached hydrogen (secondary N) is 1. The topological polar surface area (TPSA) is 81.4 Å². The van der Waals surface area contributed by atoms with Gasteiger partial charge in [0, 0.05) is 0 Å². The molecule has 0 aliphatic heterocycles. The minimum Gasteiger partial charge on any atom is -0.452 e. The molecule has 0 aromatic heterocycles. The van der Waals surface area contributed by atoms with E-state index in [4.69, 9.17) is 33.7 Å². The molecule has 0 fully saturated rings. The van der Waals surface area contributed by atoms with Gasteiger partial charge in [-0.1, -0.05) is 35.3 Å². The summed E-state index contributed by atoms with van der Waals surface area (Å²) < 4.78 is 4.90. The maximum Gasteiger partial charge on any atom is 0.338 e. The summed E-state index contributed by atoms with van der Waals surface area (Å²) in [5.41, 5.74) is 6.52. The molecule has 22 heavy (non-hydrogen) atoms. The zero-order valence-electron chi connectivity index (χ0n) is 11.3. The quantitative estimate of drug-likeness (QED) is 0.661. The van der Waals surface area contributed by atoms with Crippen molar-refractivity contribution in [2.45, 2.75) is 0 Å². The predicted octanol–water partition coefficient (Wildman–Crippen LogP) is 3.37. The molecule has 0 saturated carbocycles. The number of carbonyl (C=O) groups excluding carboxylic acids is 2. The lowest BCUT2D eigenvalue weighted by atomic mass is 10.2. The Morgan fingerprint density at radius 2 is 1.82 bits per heavy atom. The number of halogens is 2. The third-order valence-corrected chi connectivity index (χ3v) is 3.39. The smallest absolute Gasteiger partial charge is 0.338 e. The van der Waals surface area contributed by atoms with Gasteiger partial charge in [-0.2, -0.15) is 0 Å². The Balaban J connectivity index is 1.92. The second kappa shape index (κ2) is 7.15. The van der Waals surface area contributed by atoms with E-state index in [-0.39, 0.29) is 11.3 Å². The fourth-order valence-corrected chi connectivity index (χ4v) is 1.93. The molecule has 2 rings (SSSR count). The van der Waals surface area contributed by atoms with Crippen molar-refractivity contribution in [3.63, 3.8) is 0 Å². The largest absolute Gasteiger partial charge is 0.452 e. The summed E-state index contributed by atoms with van der Waals surface area (Å²) in [6.45, 7) is -0.438. The van der Waals surface area contributed by atoms with E-state index in [1.165, 1.54) is 18.2 Å². The fraction of sp³-hybridized carbons (Fsp3) is 0.0667. The highest BCUT2D eigenvalue weighted by Crippen LogP contribution is 2.21. The molecule has 7 heteroatoms. The zero-order valence-corrected chi connectivity index (χ0v) is 12.8. The molecule has 2 aromatic carbocycles. The highest BCUT2D eigenvalue weighted by atomic mass is 35.5. The third-order valence-electron chi connectivity index (χ3n) is 2.71. The molecule has 0 aliphatic carbocycles. The van der Waals surface area contributed by atoms with Crippen LogP contribution in [0.3, 0.4) is 0 Å². The molecular formula is C15H12Cl2N2O3. The van der Waals surface area contributed by atoms with E-state index >= 15 is 0 Å². The van der Waals surface area contributed by atoms with Gasteiger partial charge in [-0.3, -0.25) is 4.79 Å². The highest BCUT2D eigenvalue weighted by Gasteiger charge is 2.12. The molecule has 0 bridgehead atoms. The Kier molecular flexibility index (Phi) is 5.25. The number of amides is 1. The number of hydrogen-bond acceptors (Lipinski definition) is 4.